The minimum Gasteiger partial charge on any atom is -0.362 e. The van der Waals surface area contributed by atoms with Gasteiger partial charge in [-0.1, -0.05) is 18.5 Å². The number of nitrogens with one attached hydrogen (secondary N) is 2. The summed E-state index contributed by atoms with van der Waals surface area (Å²) in [7, 11) is 0. The number of halogens is 1. The first-order chi connectivity index (χ1) is 8.08. The highest BCUT2D eigenvalue weighted by molar-refractivity contribution is 6.31. The average molecular weight is 251 g/mol. The fraction of sp³-hybridized carbons (Fsp3) is 0.462. The van der Waals surface area contributed by atoms with Gasteiger partial charge in [-0.2, -0.15) is 0 Å². The number of amides is 1. The van der Waals surface area contributed by atoms with Gasteiger partial charge in [0.05, 0.1) is 5.56 Å². The van der Waals surface area contributed by atoms with E-state index in [9.17, 15) is 4.79 Å². The van der Waals surface area contributed by atoms with Crippen molar-refractivity contribution in [2.75, 3.05) is 5.32 Å². The smallest absolute Gasteiger partial charge is 0.255 e. The van der Waals surface area contributed by atoms with Gasteiger partial charge in [-0.3, -0.25) is 4.79 Å². The lowest BCUT2D eigenvalue weighted by atomic mass is 10.00. The average Bonchev–Trinajstić information content (AvgIpc) is 2.61. The van der Waals surface area contributed by atoms with Crippen molar-refractivity contribution in [2.45, 2.75) is 31.8 Å². The second kappa shape index (κ2) is 3.64. The lowest BCUT2D eigenvalue weighted by molar-refractivity contribution is 0.0901. The van der Waals surface area contributed by atoms with Crippen LogP contribution in [0.2, 0.25) is 5.02 Å². The number of benzene rings is 1. The number of anilines is 1. The third-order valence-corrected chi connectivity index (χ3v) is 3.95. The highest BCUT2D eigenvalue weighted by atomic mass is 35.5. The van der Waals surface area contributed by atoms with Gasteiger partial charge < -0.3 is 10.6 Å². The van der Waals surface area contributed by atoms with Gasteiger partial charge in [0, 0.05) is 10.7 Å². The molecule has 2 N–H and O–H groups in total. The maximum Gasteiger partial charge on any atom is 0.255 e. The summed E-state index contributed by atoms with van der Waals surface area (Å²) < 4.78 is 0. The molecule has 2 aliphatic rings. The molecule has 0 saturated heterocycles. The molecule has 1 aliphatic carbocycles. The van der Waals surface area contributed by atoms with Crippen LogP contribution in [-0.4, -0.2) is 11.6 Å². The van der Waals surface area contributed by atoms with Crippen LogP contribution >= 0.6 is 11.6 Å². The molecule has 1 aromatic carbocycles. The molecule has 1 aromatic rings. The highest BCUT2D eigenvalue weighted by Crippen LogP contribution is 2.38. The normalized spacial score (nSPS) is 30.9. The number of fused-ring (bicyclic) bond motifs is 1. The molecule has 1 spiro atoms. The fourth-order valence-corrected chi connectivity index (χ4v) is 3.08. The molecule has 0 radical (unpaired) electrons. The summed E-state index contributed by atoms with van der Waals surface area (Å²) in [5.74, 6) is 0.631. The molecule has 1 saturated carbocycles. The lowest BCUT2D eigenvalue weighted by Gasteiger charge is -2.37. The number of rotatable bonds is 0. The first kappa shape index (κ1) is 10.9. The van der Waals surface area contributed by atoms with Gasteiger partial charge in [0.25, 0.3) is 5.91 Å². The number of hydrogen-bond donors (Lipinski definition) is 2. The van der Waals surface area contributed by atoms with Gasteiger partial charge in [0.2, 0.25) is 0 Å². The van der Waals surface area contributed by atoms with E-state index < -0.39 is 0 Å². The topological polar surface area (TPSA) is 41.1 Å². The van der Waals surface area contributed by atoms with Crippen LogP contribution in [-0.2, 0) is 0 Å². The molecule has 0 aromatic heterocycles. The molecular weight excluding hydrogens is 236 g/mol. The van der Waals surface area contributed by atoms with E-state index in [0.717, 1.165) is 24.9 Å². The Hall–Kier alpha value is -1.22. The first-order valence-electron chi connectivity index (χ1n) is 5.98. The summed E-state index contributed by atoms with van der Waals surface area (Å²) in [6.07, 6.45) is 3.12. The molecule has 0 bridgehead atoms. The van der Waals surface area contributed by atoms with Crippen molar-refractivity contribution in [1.82, 2.24) is 5.32 Å². The zero-order valence-electron chi connectivity index (χ0n) is 9.72. The zero-order chi connectivity index (χ0) is 12.0. The van der Waals surface area contributed by atoms with Gasteiger partial charge in [-0.25, -0.2) is 0 Å². The van der Waals surface area contributed by atoms with E-state index in [1.54, 1.807) is 6.07 Å². The zero-order valence-corrected chi connectivity index (χ0v) is 10.5. The quantitative estimate of drug-likeness (QED) is 0.743. The summed E-state index contributed by atoms with van der Waals surface area (Å²) in [5, 5.41) is 7.16. The van der Waals surface area contributed by atoms with E-state index in [-0.39, 0.29) is 11.6 Å². The minimum atomic E-state index is -0.239. The third-order valence-electron chi connectivity index (χ3n) is 3.71. The summed E-state index contributed by atoms with van der Waals surface area (Å²) in [4.78, 5) is 12.1. The predicted molar refractivity (Wildman–Crippen MR) is 68.3 cm³/mol. The van der Waals surface area contributed by atoms with Crippen molar-refractivity contribution in [2.24, 2.45) is 5.92 Å². The fourth-order valence-electron chi connectivity index (χ4n) is 2.91. The molecular formula is C13H15ClN2O. The molecule has 17 heavy (non-hydrogen) atoms. The van der Waals surface area contributed by atoms with E-state index in [4.69, 9.17) is 11.6 Å². The van der Waals surface area contributed by atoms with E-state index in [2.05, 4.69) is 17.6 Å². The van der Waals surface area contributed by atoms with Crippen molar-refractivity contribution < 1.29 is 4.79 Å². The molecule has 90 valence electrons. The second-order valence-electron chi connectivity index (χ2n) is 5.20. The predicted octanol–water partition coefficient (Wildman–Crippen LogP) is 3.01. The molecule has 4 heteroatoms. The van der Waals surface area contributed by atoms with E-state index in [1.165, 1.54) is 0 Å². The van der Waals surface area contributed by atoms with Crippen LogP contribution < -0.4 is 10.6 Å². The van der Waals surface area contributed by atoms with E-state index in [0.29, 0.717) is 16.5 Å². The number of carbonyl (C=O) groups is 1. The molecule has 3 nitrogen and oxygen atoms in total. The summed E-state index contributed by atoms with van der Waals surface area (Å²) in [5.41, 5.74) is 1.30. The molecule has 1 heterocycles. The van der Waals surface area contributed by atoms with Crippen molar-refractivity contribution in [3.63, 3.8) is 0 Å². The maximum atomic E-state index is 12.1. The largest absolute Gasteiger partial charge is 0.362 e. The Balaban J connectivity index is 1.98. The van der Waals surface area contributed by atoms with Crippen LogP contribution in [0, 0.1) is 5.92 Å². The number of carbonyl (C=O) groups excluding carboxylic acids is 1. The second-order valence-corrected chi connectivity index (χ2v) is 5.64. The molecule has 2 unspecified atom stereocenters. The van der Waals surface area contributed by atoms with Gasteiger partial charge in [-0.05, 0) is 43.4 Å². The Kier molecular flexibility index (Phi) is 2.33. The molecule has 3 rings (SSSR count). The van der Waals surface area contributed by atoms with Gasteiger partial charge in [0.1, 0.15) is 5.66 Å². The van der Waals surface area contributed by atoms with Crippen molar-refractivity contribution >= 4 is 23.2 Å². The molecule has 2 atom stereocenters. The Morgan fingerprint density at radius 1 is 1.41 bits per heavy atom. The highest BCUT2D eigenvalue weighted by Gasteiger charge is 2.42. The van der Waals surface area contributed by atoms with Crippen LogP contribution in [0.3, 0.4) is 0 Å². The SMILES string of the molecule is CC1CCC2(C1)NC(=O)c1cc(Cl)ccc1N2. The van der Waals surface area contributed by atoms with E-state index >= 15 is 0 Å². The van der Waals surface area contributed by atoms with Gasteiger partial charge >= 0.3 is 0 Å². The van der Waals surface area contributed by atoms with Crippen LogP contribution in [0.1, 0.15) is 36.5 Å². The van der Waals surface area contributed by atoms with Crippen LogP contribution in [0.15, 0.2) is 18.2 Å². The van der Waals surface area contributed by atoms with Gasteiger partial charge in [-0.15, -0.1) is 0 Å². The molecule has 1 amide bonds. The Bertz CT molecular complexity index is 488. The molecule has 1 fully saturated rings. The Labute approximate surface area is 106 Å². The van der Waals surface area contributed by atoms with Gasteiger partial charge in [0.15, 0.2) is 0 Å². The van der Waals surface area contributed by atoms with E-state index in [1.807, 2.05) is 12.1 Å². The third kappa shape index (κ3) is 1.78. The summed E-state index contributed by atoms with van der Waals surface area (Å²) in [6, 6.07) is 5.42. The first-order valence-corrected chi connectivity index (χ1v) is 6.36. The maximum absolute atomic E-state index is 12.1. The van der Waals surface area contributed by atoms with Crippen LogP contribution in [0.5, 0.6) is 0 Å². The standard InChI is InChI=1S/C13H15ClN2O/c1-8-4-5-13(7-8)15-11-3-2-9(14)6-10(11)12(17)16-13/h2-3,6,8,15H,4-5,7H2,1H3,(H,16,17). The van der Waals surface area contributed by atoms with Crippen molar-refractivity contribution in [1.29, 1.82) is 0 Å². The van der Waals surface area contributed by atoms with Crippen LogP contribution in [0.4, 0.5) is 5.69 Å². The molecule has 1 aliphatic heterocycles. The summed E-state index contributed by atoms with van der Waals surface area (Å²) in [6.45, 7) is 2.22. The van der Waals surface area contributed by atoms with Crippen molar-refractivity contribution in [3.8, 4) is 0 Å². The van der Waals surface area contributed by atoms with Crippen LogP contribution in [0.25, 0.3) is 0 Å². The minimum absolute atomic E-state index is 0.0182. The lowest BCUT2D eigenvalue weighted by Crippen LogP contribution is -2.55. The number of hydrogen-bond acceptors (Lipinski definition) is 2. The van der Waals surface area contributed by atoms with Crippen molar-refractivity contribution in [3.05, 3.63) is 28.8 Å². The Morgan fingerprint density at radius 3 is 2.94 bits per heavy atom. The Morgan fingerprint density at radius 2 is 2.24 bits per heavy atom. The summed E-state index contributed by atoms with van der Waals surface area (Å²) >= 11 is 5.91. The monoisotopic (exact) mass is 250 g/mol.